The van der Waals surface area contributed by atoms with Gasteiger partial charge in [-0.1, -0.05) is 65.2 Å². The Balaban J connectivity index is 3.25. The zero-order valence-corrected chi connectivity index (χ0v) is 18.6. The molecule has 0 aromatic carbocycles. The second-order valence-electron chi connectivity index (χ2n) is 7.69. The van der Waals surface area contributed by atoms with Gasteiger partial charge in [-0.05, 0) is 12.8 Å². The van der Waals surface area contributed by atoms with Gasteiger partial charge in [0.25, 0.3) is 0 Å². The van der Waals surface area contributed by atoms with E-state index in [9.17, 15) is 10.2 Å². The summed E-state index contributed by atoms with van der Waals surface area (Å²) >= 11 is 0. The topological polar surface area (TPSA) is 83.0 Å². The van der Waals surface area contributed by atoms with Gasteiger partial charge in [0.2, 0.25) is 0 Å². The molecule has 0 aliphatic carbocycles. The summed E-state index contributed by atoms with van der Waals surface area (Å²) in [5.41, 5.74) is 0. The summed E-state index contributed by atoms with van der Waals surface area (Å²) in [6, 6.07) is 0. The van der Waals surface area contributed by atoms with E-state index in [1.165, 1.54) is 51.4 Å². The molecule has 0 rings (SSSR count). The Bertz CT molecular complexity index is 268. The van der Waals surface area contributed by atoms with Gasteiger partial charge in [0.15, 0.2) is 0 Å². The van der Waals surface area contributed by atoms with Gasteiger partial charge in [0.1, 0.15) is 0 Å². The summed E-state index contributed by atoms with van der Waals surface area (Å²) in [6.07, 6.45) is 11.3. The molecule has 0 fully saturated rings. The van der Waals surface area contributed by atoms with Crippen molar-refractivity contribution in [3.8, 4) is 0 Å². The van der Waals surface area contributed by atoms with Crippen molar-refractivity contribution in [2.24, 2.45) is 0 Å². The first-order valence-corrected chi connectivity index (χ1v) is 11.6. The molecular weight excluding hydrogens is 356 g/mol. The highest BCUT2D eigenvalue weighted by Crippen LogP contribution is 2.03. The van der Waals surface area contributed by atoms with Crippen molar-refractivity contribution in [1.29, 1.82) is 0 Å². The van der Waals surface area contributed by atoms with Gasteiger partial charge >= 0.3 is 0 Å². The van der Waals surface area contributed by atoms with E-state index in [0.29, 0.717) is 26.3 Å². The van der Waals surface area contributed by atoms with Gasteiger partial charge < -0.3 is 30.3 Å². The van der Waals surface area contributed by atoms with Crippen LogP contribution in [0, 0.1) is 0 Å². The summed E-state index contributed by atoms with van der Waals surface area (Å²) < 4.78 is 11.0. The predicted molar refractivity (Wildman–Crippen MR) is 117 cm³/mol. The highest BCUT2D eigenvalue weighted by Gasteiger charge is 2.05. The second kappa shape index (κ2) is 23.0. The van der Waals surface area contributed by atoms with E-state index in [0.717, 1.165) is 39.1 Å². The van der Waals surface area contributed by atoms with Gasteiger partial charge in [-0.25, -0.2) is 0 Å². The fourth-order valence-corrected chi connectivity index (χ4v) is 2.89. The molecule has 0 aromatic heterocycles. The lowest BCUT2D eigenvalue weighted by Crippen LogP contribution is -2.37. The third-order valence-corrected chi connectivity index (χ3v) is 4.64. The fourth-order valence-electron chi connectivity index (χ4n) is 2.89. The largest absolute Gasteiger partial charge is 0.389 e. The predicted octanol–water partition coefficient (Wildman–Crippen LogP) is 2.86. The quantitative estimate of drug-likeness (QED) is 0.196. The smallest absolute Gasteiger partial charge is 0.0897 e. The van der Waals surface area contributed by atoms with Crippen LogP contribution in [0.5, 0.6) is 0 Å². The molecule has 0 aliphatic rings. The van der Waals surface area contributed by atoms with Crippen LogP contribution < -0.4 is 10.6 Å². The van der Waals surface area contributed by atoms with Crippen molar-refractivity contribution in [3.05, 3.63) is 0 Å². The maximum Gasteiger partial charge on any atom is 0.0897 e. The summed E-state index contributed by atoms with van der Waals surface area (Å²) in [6.45, 7) is 9.24. The number of aliphatic hydroxyl groups excluding tert-OH is 2. The van der Waals surface area contributed by atoms with Crippen molar-refractivity contribution < 1.29 is 19.7 Å². The molecule has 0 aromatic rings. The van der Waals surface area contributed by atoms with Crippen molar-refractivity contribution in [2.45, 2.75) is 90.3 Å². The van der Waals surface area contributed by atoms with Crippen LogP contribution in [0.25, 0.3) is 0 Å². The molecule has 0 spiro atoms. The highest BCUT2D eigenvalue weighted by molar-refractivity contribution is 4.62. The molecule has 28 heavy (non-hydrogen) atoms. The van der Waals surface area contributed by atoms with E-state index in [-0.39, 0.29) is 0 Å². The molecule has 4 N–H and O–H groups in total. The van der Waals surface area contributed by atoms with Crippen LogP contribution in [0.4, 0.5) is 0 Å². The van der Waals surface area contributed by atoms with E-state index in [4.69, 9.17) is 9.47 Å². The fraction of sp³-hybridized carbons (Fsp3) is 1.00. The summed E-state index contributed by atoms with van der Waals surface area (Å²) in [5.74, 6) is 0. The molecule has 0 saturated carbocycles. The normalized spacial score (nSPS) is 13.7. The standard InChI is InChI=1S/C22H48N2O4/c1-3-5-7-9-11-15-27-19-21(25)17-23-13-14-24-18-22(26)20-28-16-12-10-8-6-4-2/h21-26H,3-20H2,1-2H3/t21-,22+. The molecule has 0 saturated heterocycles. The monoisotopic (exact) mass is 404 g/mol. The third-order valence-electron chi connectivity index (χ3n) is 4.64. The van der Waals surface area contributed by atoms with E-state index in [1.807, 2.05) is 0 Å². The molecule has 6 heteroatoms. The average molecular weight is 405 g/mol. The van der Waals surface area contributed by atoms with E-state index < -0.39 is 12.2 Å². The maximum atomic E-state index is 9.86. The first-order chi connectivity index (χ1) is 13.7. The maximum absolute atomic E-state index is 9.86. The van der Waals surface area contributed by atoms with Crippen LogP contribution in [0.2, 0.25) is 0 Å². The third kappa shape index (κ3) is 22.1. The number of aliphatic hydroxyl groups is 2. The Labute approximate surface area is 173 Å². The molecule has 0 aliphatic heterocycles. The number of unbranched alkanes of at least 4 members (excludes halogenated alkanes) is 8. The van der Waals surface area contributed by atoms with Gasteiger partial charge in [-0.15, -0.1) is 0 Å². The highest BCUT2D eigenvalue weighted by atomic mass is 16.5. The van der Waals surface area contributed by atoms with Crippen LogP contribution in [0.15, 0.2) is 0 Å². The zero-order valence-electron chi connectivity index (χ0n) is 18.6. The minimum absolute atomic E-state index is 0.392. The number of nitrogens with one attached hydrogen (secondary N) is 2. The first kappa shape index (κ1) is 27.8. The molecule has 0 amide bonds. The lowest BCUT2D eigenvalue weighted by Gasteiger charge is -2.14. The molecule has 6 nitrogen and oxygen atoms in total. The molecular formula is C22H48N2O4. The van der Waals surface area contributed by atoms with Crippen molar-refractivity contribution in [2.75, 3.05) is 52.6 Å². The van der Waals surface area contributed by atoms with E-state index in [1.54, 1.807) is 0 Å². The Morgan fingerprint density at radius 3 is 1.39 bits per heavy atom. The second-order valence-corrected chi connectivity index (χ2v) is 7.69. The van der Waals surface area contributed by atoms with Crippen LogP contribution >= 0.6 is 0 Å². The average Bonchev–Trinajstić information content (AvgIpc) is 2.69. The van der Waals surface area contributed by atoms with Crippen LogP contribution in [0.1, 0.15) is 78.1 Å². The number of ether oxygens (including phenoxy) is 2. The lowest BCUT2D eigenvalue weighted by molar-refractivity contribution is 0.0339. The molecule has 2 atom stereocenters. The van der Waals surface area contributed by atoms with Gasteiger partial charge in [0.05, 0.1) is 25.4 Å². The number of rotatable bonds is 23. The molecule has 170 valence electrons. The molecule has 0 heterocycles. The number of hydrogen-bond donors (Lipinski definition) is 4. The van der Waals surface area contributed by atoms with E-state index >= 15 is 0 Å². The van der Waals surface area contributed by atoms with Crippen LogP contribution in [-0.2, 0) is 9.47 Å². The first-order valence-electron chi connectivity index (χ1n) is 11.6. The zero-order chi connectivity index (χ0) is 20.7. The van der Waals surface area contributed by atoms with Gasteiger partial charge in [-0.2, -0.15) is 0 Å². The Morgan fingerprint density at radius 2 is 1.00 bits per heavy atom. The molecule has 0 unspecified atom stereocenters. The minimum atomic E-state index is -0.466. The Hall–Kier alpha value is -0.240. The molecule has 0 radical (unpaired) electrons. The summed E-state index contributed by atoms with van der Waals surface area (Å²) in [4.78, 5) is 0. The van der Waals surface area contributed by atoms with Crippen molar-refractivity contribution in [1.82, 2.24) is 10.6 Å². The summed E-state index contributed by atoms with van der Waals surface area (Å²) in [7, 11) is 0. The van der Waals surface area contributed by atoms with Crippen molar-refractivity contribution in [3.63, 3.8) is 0 Å². The van der Waals surface area contributed by atoms with Gasteiger partial charge in [0, 0.05) is 39.4 Å². The summed E-state index contributed by atoms with van der Waals surface area (Å²) in [5, 5.41) is 26.1. The van der Waals surface area contributed by atoms with Gasteiger partial charge in [-0.3, -0.25) is 0 Å². The SMILES string of the molecule is CCCCCCCOC[C@H](O)CNCCNC[C@H](O)COCCCCCCC. The van der Waals surface area contributed by atoms with Crippen LogP contribution in [-0.4, -0.2) is 75.0 Å². The minimum Gasteiger partial charge on any atom is -0.389 e. The Kier molecular flexibility index (Phi) is 22.8. The molecule has 0 bridgehead atoms. The van der Waals surface area contributed by atoms with Crippen LogP contribution in [0.3, 0.4) is 0 Å². The van der Waals surface area contributed by atoms with E-state index in [2.05, 4.69) is 24.5 Å². The Morgan fingerprint density at radius 1 is 0.607 bits per heavy atom. The lowest BCUT2D eigenvalue weighted by atomic mass is 10.2. The number of hydrogen-bond acceptors (Lipinski definition) is 6. The van der Waals surface area contributed by atoms with Crippen molar-refractivity contribution >= 4 is 0 Å².